The van der Waals surface area contributed by atoms with Crippen LogP contribution in [-0.4, -0.2) is 6.21 Å². The quantitative estimate of drug-likeness (QED) is 0.318. The third-order valence-electron chi connectivity index (χ3n) is 2.91. The lowest BCUT2D eigenvalue weighted by Crippen LogP contribution is -1.90. The Balaban J connectivity index is 2.41. The molecule has 19 heavy (non-hydrogen) atoms. The van der Waals surface area contributed by atoms with Crippen molar-refractivity contribution >= 4 is 17.6 Å². The van der Waals surface area contributed by atoms with E-state index in [9.17, 15) is 0 Å². The summed E-state index contributed by atoms with van der Waals surface area (Å²) in [6.07, 6.45) is 1.82. The maximum Gasteiger partial charge on any atom is 0.0725 e. The van der Waals surface area contributed by atoms with Crippen LogP contribution < -0.4 is 0 Å². The zero-order valence-corrected chi connectivity index (χ0v) is 10.9. The highest BCUT2D eigenvalue weighted by Gasteiger charge is 2.00. The van der Waals surface area contributed by atoms with Gasteiger partial charge in [-0.2, -0.15) is 0 Å². The molecule has 0 bridgehead atoms. The molecule has 0 aliphatic carbocycles. The number of azide groups is 1. The Morgan fingerprint density at radius 3 is 2.21 bits per heavy atom. The molecule has 0 radical (unpaired) electrons. The third kappa shape index (κ3) is 3.00. The highest BCUT2D eigenvalue weighted by Crippen LogP contribution is 2.27. The minimum atomic E-state index is 0.535. The molecule has 0 unspecified atom stereocenters. The van der Waals surface area contributed by atoms with Gasteiger partial charge in [-0.25, -0.2) is 0 Å². The fourth-order valence-corrected chi connectivity index (χ4v) is 1.87. The standard InChI is InChI=1S/C15H14N4/c1-11-6-5-7-12(2)13(11)10-17-14-8-3-4-9-15(14)18-19-16/h3-10H,1-2H3. The molecule has 4 nitrogen and oxygen atoms in total. The lowest BCUT2D eigenvalue weighted by molar-refractivity contribution is 1.35. The van der Waals surface area contributed by atoms with Gasteiger partial charge in [-0.05, 0) is 42.1 Å². The average molecular weight is 250 g/mol. The van der Waals surface area contributed by atoms with Gasteiger partial charge >= 0.3 is 0 Å². The van der Waals surface area contributed by atoms with Gasteiger partial charge in [0.2, 0.25) is 0 Å². The Morgan fingerprint density at radius 2 is 1.58 bits per heavy atom. The molecule has 0 atom stereocenters. The van der Waals surface area contributed by atoms with Crippen LogP contribution >= 0.6 is 0 Å². The van der Waals surface area contributed by atoms with Crippen molar-refractivity contribution in [1.29, 1.82) is 0 Å². The van der Waals surface area contributed by atoms with Crippen molar-refractivity contribution in [3.8, 4) is 0 Å². The summed E-state index contributed by atoms with van der Waals surface area (Å²) in [5, 5.41) is 3.63. The number of benzene rings is 2. The van der Waals surface area contributed by atoms with Gasteiger partial charge in [0.1, 0.15) is 0 Å². The van der Waals surface area contributed by atoms with E-state index in [0.29, 0.717) is 11.4 Å². The number of nitrogens with zero attached hydrogens (tertiary/aromatic N) is 4. The third-order valence-corrected chi connectivity index (χ3v) is 2.91. The number of hydrogen-bond acceptors (Lipinski definition) is 2. The summed E-state index contributed by atoms with van der Waals surface area (Å²) in [4.78, 5) is 7.23. The second kappa shape index (κ2) is 5.85. The first-order valence-corrected chi connectivity index (χ1v) is 5.97. The van der Waals surface area contributed by atoms with Crippen molar-refractivity contribution in [1.82, 2.24) is 0 Å². The summed E-state index contributed by atoms with van der Waals surface area (Å²) in [5.74, 6) is 0. The maximum atomic E-state index is 8.52. The van der Waals surface area contributed by atoms with Gasteiger partial charge in [0, 0.05) is 11.1 Å². The number of aliphatic imine (C=N–C) groups is 1. The minimum Gasteiger partial charge on any atom is -0.256 e. The van der Waals surface area contributed by atoms with Crippen molar-refractivity contribution in [2.24, 2.45) is 10.1 Å². The molecule has 0 saturated heterocycles. The van der Waals surface area contributed by atoms with Gasteiger partial charge in [-0.15, -0.1) is 0 Å². The van der Waals surface area contributed by atoms with E-state index >= 15 is 0 Å². The summed E-state index contributed by atoms with van der Waals surface area (Å²) < 4.78 is 0. The van der Waals surface area contributed by atoms with Crippen LogP contribution in [0.4, 0.5) is 11.4 Å². The zero-order valence-electron chi connectivity index (χ0n) is 10.9. The highest BCUT2D eigenvalue weighted by atomic mass is 15.1. The number of rotatable bonds is 3. The second-order valence-corrected chi connectivity index (χ2v) is 4.24. The van der Waals surface area contributed by atoms with E-state index in [0.717, 1.165) is 5.56 Å². The van der Waals surface area contributed by atoms with Crippen LogP contribution in [0.15, 0.2) is 52.6 Å². The average Bonchev–Trinajstić information content (AvgIpc) is 2.40. The molecule has 0 heterocycles. The molecule has 0 N–H and O–H groups in total. The number of hydrogen-bond donors (Lipinski definition) is 0. The Kier molecular flexibility index (Phi) is 3.96. The van der Waals surface area contributed by atoms with Crippen molar-refractivity contribution in [3.05, 3.63) is 69.6 Å². The van der Waals surface area contributed by atoms with Crippen LogP contribution in [0.25, 0.3) is 10.4 Å². The normalized spacial score (nSPS) is 10.4. The first-order chi connectivity index (χ1) is 9.22. The predicted octanol–water partition coefficient (Wildman–Crippen LogP) is 5.00. The van der Waals surface area contributed by atoms with Crippen LogP contribution in [0.5, 0.6) is 0 Å². The summed E-state index contributed by atoms with van der Waals surface area (Å²) in [7, 11) is 0. The van der Waals surface area contributed by atoms with Gasteiger partial charge in [0.25, 0.3) is 0 Å². The van der Waals surface area contributed by atoms with E-state index < -0.39 is 0 Å². The first-order valence-electron chi connectivity index (χ1n) is 5.97. The largest absolute Gasteiger partial charge is 0.256 e. The molecule has 0 fully saturated rings. The summed E-state index contributed by atoms with van der Waals surface area (Å²) >= 11 is 0. The number of para-hydroxylation sites is 1. The molecule has 2 aromatic rings. The fraction of sp³-hybridized carbons (Fsp3) is 0.133. The molecule has 0 saturated carbocycles. The zero-order chi connectivity index (χ0) is 13.7. The fourth-order valence-electron chi connectivity index (χ4n) is 1.87. The van der Waals surface area contributed by atoms with Crippen molar-refractivity contribution < 1.29 is 0 Å². The molecule has 0 aromatic heterocycles. The van der Waals surface area contributed by atoms with Crippen molar-refractivity contribution in [3.63, 3.8) is 0 Å². The van der Waals surface area contributed by atoms with Gasteiger partial charge in [-0.3, -0.25) is 4.99 Å². The van der Waals surface area contributed by atoms with E-state index in [-0.39, 0.29) is 0 Å². The van der Waals surface area contributed by atoms with Crippen LogP contribution in [0.1, 0.15) is 16.7 Å². The lowest BCUT2D eigenvalue weighted by atomic mass is 10.0. The highest BCUT2D eigenvalue weighted by molar-refractivity contribution is 5.86. The smallest absolute Gasteiger partial charge is 0.0725 e. The van der Waals surface area contributed by atoms with E-state index in [1.165, 1.54) is 11.1 Å². The SMILES string of the molecule is Cc1cccc(C)c1C=Nc1ccccc1N=[N+]=[N-]. The lowest BCUT2D eigenvalue weighted by Gasteiger charge is -2.04. The molecule has 0 aliphatic rings. The van der Waals surface area contributed by atoms with Crippen LogP contribution in [0.3, 0.4) is 0 Å². The van der Waals surface area contributed by atoms with E-state index in [1.807, 2.05) is 56.5 Å². The van der Waals surface area contributed by atoms with Gasteiger partial charge in [0.15, 0.2) is 0 Å². The number of aryl methyl sites for hydroxylation is 2. The molecule has 4 heteroatoms. The molecule has 94 valence electrons. The summed E-state index contributed by atoms with van der Waals surface area (Å²) in [6.45, 7) is 4.10. The molecule has 0 aliphatic heterocycles. The van der Waals surface area contributed by atoms with Crippen molar-refractivity contribution in [2.45, 2.75) is 13.8 Å². The Hall–Kier alpha value is -2.58. The molecule has 0 amide bonds. The van der Waals surface area contributed by atoms with E-state index in [4.69, 9.17) is 5.53 Å². The second-order valence-electron chi connectivity index (χ2n) is 4.24. The maximum absolute atomic E-state index is 8.52. The Labute approximate surface area is 112 Å². The van der Waals surface area contributed by atoms with E-state index in [2.05, 4.69) is 15.0 Å². The Bertz CT molecular complexity index is 647. The van der Waals surface area contributed by atoms with Crippen LogP contribution in [-0.2, 0) is 0 Å². The molecular formula is C15H14N4. The monoisotopic (exact) mass is 250 g/mol. The van der Waals surface area contributed by atoms with Gasteiger partial charge in [-0.1, -0.05) is 41.5 Å². The molecule has 2 rings (SSSR count). The van der Waals surface area contributed by atoms with E-state index in [1.54, 1.807) is 6.07 Å². The van der Waals surface area contributed by atoms with Crippen molar-refractivity contribution in [2.75, 3.05) is 0 Å². The Morgan fingerprint density at radius 1 is 0.947 bits per heavy atom. The van der Waals surface area contributed by atoms with Crippen LogP contribution in [0, 0.1) is 13.8 Å². The minimum absolute atomic E-state index is 0.535. The topological polar surface area (TPSA) is 61.1 Å². The molecule has 2 aromatic carbocycles. The molecule has 0 spiro atoms. The van der Waals surface area contributed by atoms with Crippen LogP contribution in [0.2, 0.25) is 0 Å². The first kappa shape index (κ1) is 12.9. The van der Waals surface area contributed by atoms with Gasteiger partial charge in [0.05, 0.1) is 11.4 Å². The molecular weight excluding hydrogens is 236 g/mol. The summed E-state index contributed by atoms with van der Waals surface area (Å²) in [5.41, 5.74) is 13.2. The summed E-state index contributed by atoms with van der Waals surface area (Å²) in [6, 6.07) is 13.4. The van der Waals surface area contributed by atoms with Gasteiger partial charge < -0.3 is 0 Å². The predicted molar refractivity (Wildman–Crippen MR) is 78.4 cm³/mol.